The average molecular weight is 437 g/mol. The van der Waals surface area contributed by atoms with Crippen molar-refractivity contribution in [2.45, 2.75) is 6.10 Å². The zero-order valence-corrected chi connectivity index (χ0v) is 18.0. The van der Waals surface area contributed by atoms with Crippen LogP contribution >= 0.6 is 0 Å². The van der Waals surface area contributed by atoms with Crippen LogP contribution in [0.2, 0.25) is 0 Å². The molecule has 0 aliphatic carbocycles. The lowest BCUT2D eigenvalue weighted by Gasteiger charge is -2.33. The lowest BCUT2D eigenvalue weighted by atomic mass is 10.0. The molecule has 1 fully saturated rings. The van der Waals surface area contributed by atoms with Gasteiger partial charge in [0.2, 0.25) is 5.95 Å². The molecular weight excluding hydrogens is 414 g/mol. The zero-order chi connectivity index (χ0) is 22.7. The third-order valence-electron chi connectivity index (χ3n) is 5.27. The van der Waals surface area contributed by atoms with Crippen molar-refractivity contribution in [3.8, 4) is 22.9 Å². The number of benzene rings is 1. The summed E-state index contributed by atoms with van der Waals surface area (Å²) in [6.45, 7) is 1.06. The average Bonchev–Trinajstić information content (AvgIpc) is 2.85. The van der Waals surface area contributed by atoms with Gasteiger partial charge in [0.1, 0.15) is 12.4 Å². The van der Waals surface area contributed by atoms with E-state index in [1.54, 1.807) is 37.5 Å². The highest BCUT2D eigenvalue weighted by Gasteiger charge is 2.30. The van der Waals surface area contributed by atoms with Gasteiger partial charge in [-0.2, -0.15) is 0 Å². The summed E-state index contributed by atoms with van der Waals surface area (Å²) < 4.78 is 17.8. The Morgan fingerprint density at radius 2 is 1.94 bits per heavy atom. The smallest absolute Gasteiger partial charge is 0.255 e. The number of hydrogen-bond donors (Lipinski definition) is 0. The largest absolute Gasteiger partial charge is 0.493 e. The summed E-state index contributed by atoms with van der Waals surface area (Å²) in [6, 6.07) is 8.11. The van der Waals surface area contributed by atoms with Crippen molar-refractivity contribution in [2.75, 3.05) is 38.8 Å². The maximum Gasteiger partial charge on any atom is 0.255 e. The van der Waals surface area contributed by atoms with Crippen molar-refractivity contribution in [1.82, 2.24) is 19.5 Å². The van der Waals surface area contributed by atoms with Crippen LogP contribution in [0.5, 0.6) is 11.5 Å². The Hall–Kier alpha value is -3.79. The number of carbonyl (C=O) groups is 1. The number of nitrogens with zero attached hydrogens (tertiary/aromatic N) is 5. The monoisotopic (exact) mass is 437 g/mol. The van der Waals surface area contributed by atoms with Crippen LogP contribution < -0.4 is 19.9 Å². The maximum absolute atomic E-state index is 13.1. The van der Waals surface area contributed by atoms with Crippen molar-refractivity contribution < 1.29 is 19.0 Å². The van der Waals surface area contributed by atoms with Gasteiger partial charge >= 0.3 is 0 Å². The molecule has 1 saturated heterocycles. The molecule has 3 aromatic rings. The van der Waals surface area contributed by atoms with Gasteiger partial charge < -0.3 is 19.1 Å². The summed E-state index contributed by atoms with van der Waals surface area (Å²) in [5.74, 6) is 1.26. The van der Waals surface area contributed by atoms with Gasteiger partial charge in [0, 0.05) is 31.4 Å². The number of rotatable bonds is 6. The van der Waals surface area contributed by atoms with Crippen molar-refractivity contribution in [3.63, 3.8) is 0 Å². The molecule has 0 bridgehead atoms. The molecule has 4 rings (SSSR count). The topological polar surface area (TPSA) is 109 Å². The van der Waals surface area contributed by atoms with Gasteiger partial charge in [-0.25, -0.2) is 15.0 Å². The van der Waals surface area contributed by atoms with Gasteiger partial charge in [0.15, 0.2) is 17.3 Å². The van der Waals surface area contributed by atoms with Crippen molar-refractivity contribution >= 4 is 11.7 Å². The van der Waals surface area contributed by atoms with Crippen LogP contribution in [0.25, 0.3) is 11.4 Å². The molecule has 0 amide bonds. The number of morpholine rings is 1. The quantitative estimate of drug-likeness (QED) is 0.528. The standard InChI is InChI=1S/C22H23N5O5/c1-26-20(28)11-16(15-6-7-23-13-24-15)25-22(26)27-8-9-32-19(12-27)21(29)14-4-5-17(30-2)18(10-14)31-3/h4-7,10-11,13,19H,8-9,12H2,1-3H3. The molecule has 3 heterocycles. The van der Waals surface area contributed by atoms with E-state index in [9.17, 15) is 9.59 Å². The van der Waals surface area contributed by atoms with E-state index >= 15 is 0 Å². The second-order valence-electron chi connectivity index (χ2n) is 7.17. The van der Waals surface area contributed by atoms with Gasteiger partial charge in [-0.1, -0.05) is 0 Å². The molecule has 0 saturated carbocycles. The van der Waals surface area contributed by atoms with Crippen molar-refractivity contribution in [2.24, 2.45) is 7.05 Å². The number of ether oxygens (including phenoxy) is 3. The molecule has 1 aliphatic heterocycles. The predicted molar refractivity (Wildman–Crippen MR) is 116 cm³/mol. The zero-order valence-electron chi connectivity index (χ0n) is 18.0. The lowest BCUT2D eigenvalue weighted by Crippen LogP contribution is -2.48. The number of Topliss-reactive ketones (excluding diaryl/α,β-unsaturated/α-hetero) is 1. The number of anilines is 1. The van der Waals surface area contributed by atoms with Crippen molar-refractivity contribution in [1.29, 1.82) is 0 Å². The first-order valence-corrected chi connectivity index (χ1v) is 9.99. The second kappa shape index (κ2) is 9.15. The Balaban J connectivity index is 1.61. The molecule has 1 aromatic carbocycles. The molecule has 0 radical (unpaired) electrons. The Labute approximate surface area is 184 Å². The van der Waals surface area contributed by atoms with E-state index in [1.165, 1.54) is 31.2 Å². The summed E-state index contributed by atoms with van der Waals surface area (Å²) in [5, 5.41) is 0. The number of ketones is 1. The van der Waals surface area contributed by atoms with Crippen molar-refractivity contribution in [3.05, 3.63) is 58.8 Å². The molecule has 0 spiro atoms. The van der Waals surface area contributed by atoms with Crippen LogP contribution in [0.4, 0.5) is 5.95 Å². The number of carbonyl (C=O) groups excluding carboxylic acids is 1. The second-order valence-corrected chi connectivity index (χ2v) is 7.17. The summed E-state index contributed by atoms with van der Waals surface area (Å²) in [7, 11) is 4.70. The van der Waals surface area contributed by atoms with Crippen LogP contribution in [0.3, 0.4) is 0 Å². The minimum absolute atomic E-state index is 0.187. The normalized spacial score (nSPS) is 16.0. The molecule has 166 valence electrons. The highest BCUT2D eigenvalue weighted by atomic mass is 16.5. The highest BCUT2D eigenvalue weighted by Crippen LogP contribution is 2.29. The van der Waals surface area contributed by atoms with E-state index in [-0.39, 0.29) is 17.9 Å². The minimum Gasteiger partial charge on any atom is -0.493 e. The lowest BCUT2D eigenvalue weighted by molar-refractivity contribution is 0.0336. The van der Waals surface area contributed by atoms with E-state index in [1.807, 2.05) is 4.90 Å². The molecule has 1 atom stereocenters. The molecular formula is C22H23N5O5. The van der Waals surface area contributed by atoms with Crippen LogP contribution in [-0.2, 0) is 11.8 Å². The van der Waals surface area contributed by atoms with E-state index in [2.05, 4.69) is 15.0 Å². The summed E-state index contributed by atoms with van der Waals surface area (Å²) in [4.78, 5) is 40.3. The highest BCUT2D eigenvalue weighted by molar-refractivity contribution is 6.00. The fraction of sp³-hybridized carbons (Fsp3) is 0.318. The number of methoxy groups -OCH3 is 2. The third kappa shape index (κ3) is 4.17. The molecule has 32 heavy (non-hydrogen) atoms. The van der Waals surface area contributed by atoms with Gasteiger partial charge in [-0.15, -0.1) is 0 Å². The molecule has 10 nitrogen and oxygen atoms in total. The molecule has 10 heteroatoms. The van der Waals surface area contributed by atoms with Crippen LogP contribution in [-0.4, -0.2) is 65.3 Å². The first-order valence-electron chi connectivity index (χ1n) is 9.99. The summed E-state index contributed by atoms with van der Waals surface area (Å²) in [6.07, 6.45) is 2.27. The summed E-state index contributed by atoms with van der Waals surface area (Å²) in [5.41, 5.74) is 1.22. The van der Waals surface area contributed by atoms with Gasteiger partial charge in [0.25, 0.3) is 5.56 Å². The molecule has 1 aliphatic rings. The fourth-order valence-electron chi connectivity index (χ4n) is 3.55. The maximum atomic E-state index is 13.1. The Morgan fingerprint density at radius 1 is 1.12 bits per heavy atom. The number of hydrogen-bond acceptors (Lipinski definition) is 9. The Kier molecular flexibility index (Phi) is 6.13. The number of aromatic nitrogens is 4. The minimum atomic E-state index is -0.721. The first-order chi connectivity index (χ1) is 15.5. The van der Waals surface area contributed by atoms with Gasteiger partial charge in [-0.3, -0.25) is 14.2 Å². The Morgan fingerprint density at radius 3 is 2.66 bits per heavy atom. The Bertz CT molecular complexity index is 1180. The van der Waals surface area contributed by atoms with Crippen LogP contribution in [0, 0.1) is 0 Å². The first kappa shape index (κ1) is 21.4. The van der Waals surface area contributed by atoms with Gasteiger partial charge in [-0.05, 0) is 24.3 Å². The van der Waals surface area contributed by atoms with E-state index in [0.717, 1.165) is 0 Å². The molecule has 1 unspecified atom stereocenters. The fourth-order valence-corrected chi connectivity index (χ4v) is 3.55. The molecule has 2 aromatic heterocycles. The van der Waals surface area contributed by atoms with Crippen LogP contribution in [0.1, 0.15) is 10.4 Å². The SMILES string of the molecule is COc1ccc(C(=O)C2CN(c3nc(-c4ccncn4)cc(=O)n3C)CCO2)cc1OC. The van der Waals surface area contributed by atoms with E-state index in [4.69, 9.17) is 14.2 Å². The molecule has 0 N–H and O–H groups in total. The summed E-state index contributed by atoms with van der Waals surface area (Å²) >= 11 is 0. The van der Waals surface area contributed by atoms with Gasteiger partial charge in [0.05, 0.1) is 38.8 Å². The van der Waals surface area contributed by atoms with E-state index in [0.29, 0.717) is 47.6 Å². The third-order valence-corrected chi connectivity index (χ3v) is 5.27. The predicted octanol–water partition coefficient (Wildman–Crippen LogP) is 1.34. The van der Waals surface area contributed by atoms with E-state index < -0.39 is 6.10 Å². The van der Waals surface area contributed by atoms with Crippen LogP contribution in [0.15, 0.2) is 47.7 Å².